The monoisotopic (exact) mass is 253 g/mol. The molecule has 0 spiro atoms. The Morgan fingerprint density at radius 3 is 2.06 bits per heavy atom. The third-order valence-corrected chi connectivity index (χ3v) is 2.01. The Balaban J connectivity index is 0.000000171. The fraction of sp³-hybridized carbons (Fsp3) is 0. The van der Waals surface area contributed by atoms with E-state index in [0.29, 0.717) is 5.02 Å². The number of hydrogen-bond acceptors (Lipinski definition) is 3. The van der Waals surface area contributed by atoms with E-state index in [4.69, 9.17) is 21.6 Å². The molecular weight excluding hydrogens is 243 g/mol. The number of aromatic nitrogens is 1. The molecule has 1 aromatic heterocycles. The average Bonchev–Trinajstić information content (AvgIpc) is 2.35. The van der Waals surface area contributed by atoms with E-state index < -0.39 is 7.12 Å². The van der Waals surface area contributed by atoms with Crippen molar-refractivity contribution in [3.63, 3.8) is 0 Å². The third-order valence-electron chi connectivity index (χ3n) is 1.76. The lowest BCUT2D eigenvalue weighted by Crippen LogP contribution is -2.31. The second-order valence-electron chi connectivity index (χ2n) is 3.06. The van der Waals surface area contributed by atoms with E-state index in [-0.39, 0.29) is 11.4 Å². The summed E-state index contributed by atoms with van der Waals surface area (Å²) in [4.78, 5) is 3.68. The van der Waals surface area contributed by atoms with Crippen LogP contribution in [0.25, 0.3) is 0 Å². The second-order valence-corrected chi connectivity index (χ2v) is 3.50. The minimum absolute atomic E-state index is 0.255. The average molecular weight is 253 g/mol. The van der Waals surface area contributed by atoms with Gasteiger partial charge in [0.1, 0.15) is 5.82 Å². The number of halogens is 2. The zero-order chi connectivity index (χ0) is 12.7. The molecule has 0 fully saturated rings. The number of hydrogen-bond donors (Lipinski definition) is 2. The molecule has 88 valence electrons. The molecule has 3 nitrogen and oxygen atoms in total. The number of benzene rings is 1. The molecule has 1 aromatic carbocycles. The summed E-state index contributed by atoms with van der Waals surface area (Å²) in [6.07, 6.45) is 1.51. The van der Waals surface area contributed by atoms with Crippen LogP contribution in [0.5, 0.6) is 0 Å². The molecule has 0 unspecified atom stereocenters. The number of pyridine rings is 1. The maximum absolute atomic E-state index is 12.0. The Bertz CT molecular complexity index is 418. The summed E-state index contributed by atoms with van der Waals surface area (Å²) >= 11 is 5.44. The molecule has 1 heterocycles. The maximum atomic E-state index is 12.0. The van der Waals surface area contributed by atoms with Crippen molar-refractivity contribution in [1.82, 2.24) is 4.98 Å². The smallest absolute Gasteiger partial charge is 0.422 e. The van der Waals surface area contributed by atoms with Gasteiger partial charge in [-0.1, -0.05) is 17.7 Å². The Hall–Kier alpha value is -1.43. The molecule has 0 saturated carbocycles. The van der Waals surface area contributed by atoms with E-state index in [1.165, 1.54) is 30.5 Å². The van der Waals surface area contributed by atoms with Gasteiger partial charge in [-0.05, 0) is 36.4 Å². The molecule has 2 aromatic rings. The zero-order valence-electron chi connectivity index (χ0n) is 8.79. The van der Waals surface area contributed by atoms with Crippen molar-refractivity contribution in [3.8, 4) is 0 Å². The zero-order valence-corrected chi connectivity index (χ0v) is 9.55. The molecule has 0 aliphatic rings. The van der Waals surface area contributed by atoms with Crippen LogP contribution in [-0.2, 0) is 0 Å². The molecule has 0 amide bonds. The molecule has 0 radical (unpaired) electrons. The van der Waals surface area contributed by atoms with Crippen LogP contribution < -0.4 is 5.59 Å². The van der Waals surface area contributed by atoms with Gasteiger partial charge in [-0.2, -0.15) is 0 Å². The van der Waals surface area contributed by atoms with Crippen molar-refractivity contribution >= 4 is 24.3 Å². The van der Waals surface area contributed by atoms with Gasteiger partial charge in [0.15, 0.2) is 0 Å². The summed E-state index contributed by atoms with van der Waals surface area (Å²) in [7, 11) is -1.45. The van der Waals surface area contributed by atoms with Crippen LogP contribution in [0.15, 0.2) is 48.7 Å². The number of rotatable bonds is 1. The Kier molecular flexibility index (Phi) is 5.62. The molecule has 0 aliphatic carbocycles. The van der Waals surface area contributed by atoms with Gasteiger partial charge in [-0.3, -0.25) is 4.98 Å². The summed E-state index contributed by atoms with van der Waals surface area (Å²) in [6.45, 7) is 0. The van der Waals surface area contributed by atoms with Gasteiger partial charge in [-0.25, -0.2) is 4.39 Å². The summed E-state index contributed by atoms with van der Waals surface area (Å²) in [5, 5.41) is 17.6. The number of nitrogens with zero attached hydrogens (tertiary/aromatic N) is 1. The van der Waals surface area contributed by atoms with Crippen molar-refractivity contribution in [2.75, 3.05) is 0 Å². The van der Waals surface area contributed by atoms with Crippen LogP contribution >= 0.6 is 11.6 Å². The standard InChI is InChI=1S/C6H4ClF.C5H6BNO2/c7-5-1-3-6(8)4-2-5;8-6(9)5-3-1-2-4-7-5/h1-4H;1-4,8-9H. The highest BCUT2D eigenvalue weighted by molar-refractivity contribution is 6.57. The largest absolute Gasteiger partial charge is 0.508 e. The van der Waals surface area contributed by atoms with E-state index in [1.54, 1.807) is 18.2 Å². The van der Waals surface area contributed by atoms with Gasteiger partial charge >= 0.3 is 7.12 Å². The lowest BCUT2D eigenvalue weighted by Gasteiger charge is -1.93. The first-order chi connectivity index (χ1) is 8.09. The second kappa shape index (κ2) is 7.01. The summed E-state index contributed by atoms with van der Waals surface area (Å²) in [5.41, 5.74) is 0.275. The molecule has 2 rings (SSSR count). The van der Waals surface area contributed by atoms with Crippen molar-refractivity contribution in [1.29, 1.82) is 0 Å². The lowest BCUT2D eigenvalue weighted by molar-refractivity contribution is 0.424. The fourth-order valence-electron chi connectivity index (χ4n) is 0.958. The minimum Gasteiger partial charge on any atom is -0.422 e. The fourth-order valence-corrected chi connectivity index (χ4v) is 1.08. The Labute approximate surface area is 104 Å². The molecule has 17 heavy (non-hydrogen) atoms. The van der Waals surface area contributed by atoms with Gasteiger partial charge < -0.3 is 10.0 Å². The molecule has 0 saturated heterocycles. The van der Waals surface area contributed by atoms with Crippen molar-refractivity contribution in [2.24, 2.45) is 0 Å². The van der Waals surface area contributed by atoms with Gasteiger partial charge in [0, 0.05) is 11.2 Å². The van der Waals surface area contributed by atoms with Crippen LogP contribution in [0.1, 0.15) is 0 Å². The molecule has 6 heteroatoms. The summed E-state index contributed by atoms with van der Waals surface area (Å²) < 4.78 is 12.0. The van der Waals surface area contributed by atoms with Gasteiger partial charge in [0.05, 0.1) is 5.59 Å². The third kappa shape index (κ3) is 5.44. The topological polar surface area (TPSA) is 53.4 Å². The normalized spacial score (nSPS) is 9.18. The first-order valence-electron chi connectivity index (χ1n) is 4.77. The first-order valence-corrected chi connectivity index (χ1v) is 5.15. The van der Waals surface area contributed by atoms with E-state index >= 15 is 0 Å². The van der Waals surface area contributed by atoms with E-state index in [0.717, 1.165) is 0 Å². The maximum Gasteiger partial charge on any atom is 0.508 e. The van der Waals surface area contributed by atoms with E-state index in [2.05, 4.69) is 4.98 Å². The van der Waals surface area contributed by atoms with E-state index in [1.807, 2.05) is 0 Å². The van der Waals surface area contributed by atoms with Crippen LogP contribution in [0, 0.1) is 5.82 Å². The minimum atomic E-state index is -1.45. The van der Waals surface area contributed by atoms with Crippen LogP contribution in [0.4, 0.5) is 4.39 Å². The SMILES string of the molecule is Fc1ccc(Cl)cc1.OB(O)c1ccccn1. The van der Waals surface area contributed by atoms with Gasteiger partial charge in [0.25, 0.3) is 0 Å². The van der Waals surface area contributed by atoms with Crippen LogP contribution in [0.2, 0.25) is 5.02 Å². The summed E-state index contributed by atoms with van der Waals surface area (Å²) in [5.74, 6) is -0.255. The summed E-state index contributed by atoms with van der Waals surface area (Å²) in [6, 6.07) is 10.6. The van der Waals surface area contributed by atoms with Crippen LogP contribution in [-0.4, -0.2) is 22.2 Å². The molecule has 0 bridgehead atoms. The molecule has 0 aliphatic heterocycles. The van der Waals surface area contributed by atoms with Gasteiger partial charge in [-0.15, -0.1) is 0 Å². The molecular formula is C11H10BClFNO2. The van der Waals surface area contributed by atoms with Gasteiger partial charge in [0.2, 0.25) is 0 Å². The molecule has 0 atom stereocenters. The quantitative estimate of drug-likeness (QED) is 0.752. The molecule has 2 N–H and O–H groups in total. The highest BCUT2D eigenvalue weighted by atomic mass is 35.5. The van der Waals surface area contributed by atoms with Crippen molar-refractivity contribution in [2.45, 2.75) is 0 Å². The lowest BCUT2D eigenvalue weighted by atomic mass is 9.86. The van der Waals surface area contributed by atoms with E-state index in [9.17, 15) is 4.39 Å². The highest BCUT2D eigenvalue weighted by Gasteiger charge is 2.09. The predicted octanol–water partition coefficient (Wildman–Crippen LogP) is 1.24. The van der Waals surface area contributed by atoms with Crippen LogP contribution in [0.3, 0.4) is 0 Å². The first kappa shape index (κ1) is 13.6. The Morgan fingerprint density at radius 1 is 1.06 bits per heavy atom. The predicted molar refractivity (Wildman–Crippen MR) is 65.5 cm³/mol. The Morgan fingerprint density at radius 2 is 1.71 bits per heavy atom. The van der Waals surface area contributed by atoms with Crippen molar-refractivity contribution in [3.05, 3.63) is 59.5 Å². The highest BCUT2D eigenvalue weighted by Crippen LogP contribution is 2.07. The van der Waals surface area contributed by atoms with Crippen molar-refractivity contribution < 1.29 is 14.4 Å².